The first-order chi connectivity index (χ1) is 9.52. The van der Waals surface area contributed by atoms with E-state index in [0.717, 1.165) is 26.1 Å². The number of hydrogen-bond acceptors (Lipinski definition) is 3. The lowest BCUT2D eigenvalue weighted by atomic mass is 10.0. The Labute approximate surface area is 124 Å². The van der Waals surface area contributed by atoms with Gasteiger partial charge in [0.25, 0.3) is 0 Å². The van der Waals surface area contributed by atoms with Crippen molar-refractivity contribution in [3.05, 3.63) is 35.4 Å². The Hall–Kier alpha value is -0.900. The van der Waals surface area contributed by atoms with E-state index in [1.807, 2.05) is 0 Å². The summed E-state index contributed by atoms with van der Waals surface area (Å²) in [5.41, 5.74) is 8.87. The summed E-state index contributed by atoms with van der Waals surface area (Å²) in [5.74, 6) is 0. The molecule has 114 valence electrons. The van der Waals surface area contributed by atoms with Crippen molar-refractivity contribution in [2.75, 3.05) is 26.7 Å². The van der Waals surface area contributed by atoms with Crippen LogP contribution in [0.4, 0.5) is 0 Å². The molecule has 0 aliphatic carbocycles. The molecule has 0 bridgehead atoms. The van der Waals surface area contributed by atoms with E-state index in [-0.39, 0.29) is 6.04 Å². The monoisotopic (exact) mass is 278 g/mol. The Morgan fingerprint density at radius 3 is 2.40 bits per heavy atom. The van der Waals surface area contributed by atoms with Gasteiger partial charge in [0, 0.05) is 19.1 Å². The van der Waals surface area contributed by atoms with Gasteiger partial charge in [-0.1, -0.05) is 37.6 Å². The number of rotatable bonds is 9. The van der Waals surface area contributed by atoms with Crippen molar-refractivity contribution in [3.63, 3.8) is 0 Å². The van der Waals surface area contributed by atoms with E-state index in [2.05, 4.69) is 57.0 Å². The molecule has 0 spiro atoms. The zero-order chi connectivity index (χ0) is 15.0. The van der Waals surface area contributed by atoms with Crippen LogP contribution in [0, 0.1) is 0 Å². The molecule has 0 fully saturated rings. The van der Waals surface area contributed by atoms with Gasteiger partial charge >= 0.3 is 0 Å². The molecule has 2 N–H and O–H groups in total. The van der Waals surface area contributed by atoms with Crippen molar-refractivity contribution in [1.82, 2.24) is 4.90 Å². The first-order valence-electron chi connectivity index (χ1n) is 7.67. The second-order valence-corrected chi connectivity index (χ2v) is 5.78. The SMILES string of the molecule is CCCc1ccc(C(N)CN(C)CCOC(C)C)cc1. The maximum atomic E-state index is 6.27. The van der Waals surface area contributed by atoms with Gasteiger partial charge < -0.3 is 15.4 Å². The summed E-state index contributed by atoms with van der Waals surface area (Å²) in [6.07, 6.45) is 2.62. The lowest BCUT2D eigenvalue weighted by Gasteiger charge is -2.22. The predicted octanol–water partition coefficient (Wildman–Crippen LogP) is 3.00. The molecule has 20 heavy (non-hydrogen) atoms. The predicted molar refractivity (Wildman–Crippen MR) is 86.0 cm³/mol. The Morgan fingerprint density at radius 1 is 1.20 bits per heavy atom. The fraction of sp³-hybridized carbons (Fsp3) is 0.647. The number of benzene rings is 1. The molecule has 1 aromatic rings. The van der Waals surface area contributed by atoms with Crippen LogP contribution in [0.3, 0.4) is 0 Å². The number of aryl methyl sites for hydroxylation is 1. The average Bonchev–Trinajstić information content (AvgIpc) is 2.39. The third kappa shape index (κ3) is 6.51. The van der Waals surface area contributed by atoms with E-state index in [1.54, 1.807) is 0 Å². The Morgan fingerprint density at radius 2 is 1.85 bits per heavy atom. The minimum atomic E-state index is 0.0646. The highest BCUT2D eigenvalue weighted by atomic mass is 16.5. The van der Waals surface area contributed by atoms with Gasteiger partial charge in [-0.05, 0) is 38.4 Å². The van der Waals surface area contributed by atoms with Gasteiger partial charge in [0.2, 0.25) is 0 Å². The zero-order valence-corrected chi connectivity index (χ0v) is 13.4. The molecule has 0 saturated heterocycles. The van der Waals surface area contributed by atoms with Crippen molar-refractivity contribution < 1.29 is 4.74 Å². The van der Waals surface area contributed by atoms with Crippen LogP contribution in [0.2, 0.25) is 0 Å². The van der Waals surface area contributed by atoms with Gasteiger partial charge in [0.05, 0.1) is 12.7 Å². The first kappa shape index (κ1) is 17.2. The van der Waals surface area contributed by atoms with Gasteiger partial charge in [-0.15, -0.1) is 0 Å². The molecule has 1 rings (SSSR count). The van der Waals surface area contributed by atoms with Crippen molar-refractivity contribution >= 4 is 0 Å². The summed E-state index contributed by atoms with van der Waals surface area (Å²) in [6, 6.07) is 8.78. The molecule has 1 unspecified atom stereocenters. The quantitative estimate of drug-likeness (QED) is 0.754. The van der Waals surface area contributed by atoms with Crippen molar-refractivity contribution in [2.24, 2.45) is 5.73 Å². The molecule has 0 saturated carbocycles. The van der Waals surface area contributed by atoms with Crippen LogP contribution < -0.4 is 5.73 Å². The first-order valence-corrected chi connectivity index (χ1v) is 7.67. The molecule has 0 aromatic heterocycles. The summed E-state index contributed by atoms with van der Waals surface area (Å²) in [4.78, 5) is 2.23. The molecule has 1 aromatic carbocycles. The number of nitrogens with zero attached hydrogens (tertiary/aromatic N) is 1. The van der Waals surface area contributed by atoms with E-state index < -0.39 is 0 Å². The standard InChI is InChI=1S/C17H30N2O/c1-5-6-15-7-9-16(10-8-15)17(18)13-19(4)11-12-20-14(2)3/h7-10,14,17H,5-6,11-13,18H2,1-4H3. The average molecular weight is 278 g/mol. The second-order valence-electron chi connectivity index (χ2n) is 5.78. The molecule has 0 heterocycles. The maximum Gasteiger partial charge on any atom is 0.0596 e. The summed E-state index contributed by atoms with van der Waals surface area (Å²) in [7, 11) is 2.09. The summed E-state index contributed by atoms with van der Waals surface area (Å²) < 4.78 is 5.56. The third-order valence-corrected chi connectivity index (χ3v) is 3.38. The third-order valence-electron chi connectivity index (χ3n) is 3.38. The number of nitrogens with two attached hydrogens (primary N) is 1. The number of likely N-dealkylation sites (N-methyl/N-ethyl adjacent to an activating group) is 1. The van der Waals surface area contributed by atoms with Gasteiger partial charge in [-0.25, -0.2) is 0 Å². The topological polar surface area (TPSA) is 38.5 Å². The normalized spacial score (nSPS) is 13.2. The van der Waals surface area contributed by atoms with E-state index >= 15 is 0 Å². The van der Waals surface area contributed by atoms with Crippen molar-refractivity contribution in [3.8, 4) is 0 Å². The maximum absolute atomic E-state index is 6.27. The van der Waals surface area contributed by atoms with Gasteiger partial charge in [-0.3, -0.25) is 0 Å². The highest BCUT2D eigenvalue weighted by Crippen LogP contribution is 2.13. The molecule has 1 atom stereocenters. The molecule has 0 aliphatic rings. The Balaban J connectivity index is 2.39. The molecule has 0 aliphatic heterocycles. The van der Waals surface area contributed by atoms with E-state index in [4.69, 9.17) is 10.5 Å². The fourth-order valence-corrected chi connectivity index (χ4v) is 2.20. The molecule has 3 heteroatoms. The Kier molecular flexibility index (Phi) is 7.82. The highest BCUT2D eigenvalue weighted by Gasteiger charge is 2.09. The Bertz CT molecular complexity index is 362. The highest BCUT2D eigenvalue weighted by molar-refractivity contribution is 5.25. The lowest BCUT2D eigenvalue weighted by Crippen LogP contribution is -2.32. The minimum absolute atomic E-state index is 0.0646. The summed E-state index contributed by atoms with van der Waals surface area (Å²) in [6.45, 7) is 8.85. The summed E-state index contributed by atoms with van der Waals surface area (Å²) in [5, 5.41) is 0. The van der Waals surface area contributed by atoms with E-state index in [0.29, 0.717) is 6.10 Å². The smallest absolute Gasteiger partial charge is 0.0596 e. The van der Waals surface area contributed by atoms with Gasteiger partial charge in [0.15, 0.2) is 0 Å². The molecule has 0 amide bonds. The van der Waals surface area contributed by atoms with Crippen LogP contribution in [-0.4, -0.2) is 37.7 Å². The van der Waals surface area contributed by atoms with Gasteiger partial charge in [0.1, 0.15) is 0 Å². The van der Waals surface area contributed by atoms with Crippen LogP contribution >= 0.6 is 0 Å². The fourth-order valence-electron chi connectivity index (χ4n) is 2.20. The number of ether oxygens (including phenoxy) is 1. The molecular weight excluding hydrogens is 248 g/mol. The van der Waals surface area contributed by atoms with Crippen LogP contribution in [0.1, 0.15) is 44.4 Å². The molecule has 0 radical (unpaired) electrons. The summed E-state index contributed by atoms with van der Waals surface area (Å²) >= 11 is 0. The van der Waals surface area contributed by atoms with Crippen LogP contribution in [0.15, 0.2) is 24.3 Å². The minimum Gasteiger partial charge on any atom is -0.377 e. The van der Waals surface area contributed by atoms with E-state index in [1.165, 1.54) is 17.5 Å². The molecule has 3 nitrogen and oxygen atoms in total. The van der Waals surface area contributed by atoms with Crippen molar-refractivity contribution in [1.29, 1.82) is 0 Å². The van der Waals surface area contributed by atoms with Crippen LogP contribution in [-0.2, 0) is 11.2 Å². The molecular formula is C17H30N2O. The second kappa shape index (κ2) is 9.11. The zero-order valence-electron chi connectivity index (χ0n) is 13.4. The van der Waals surface area contributed by atoms with Crippen molar-refractivity contribution in [2.45, 2.75) is 45.8 Å². The lowest BCUT2D eigenvalue weighted by molar-refractivity contribution is 0.0629. The van der Waals surface area contributed by atoms with E-state index in [9.17, 15) is 0 Å². The van der Waals surface area contributed by atoms with Crippen LogP contribution in [0.25, 0.3) is 0 Å². The van der Waals surface area contributed by atoms with Gasteiger partial charge in [-0.2, -0.15) is 0 Å². The number of hydrogen-bond donors (Lipinski definition) is 1. The van der Waals surface area contributed by atoms with Crippen LogP contribution in [0.5, 0.6) is 0 Å². The largest absolute Gasteiger partial charge is 0.377 e.